The van der Waals surface area contributed by atoms with E-state index in [1.165, 1.54) is 5.56 Å². The molecule has 0 aliphatic carbocycles. The molecule has 0 bridgehead atoms. The van der Waals surface area contributed by atoms with E-state index in [1.807, 2.05) is 19.1 Å². The Morgan fingerprint density at radius 3 is 2.95 bits per heavy atom. The van der Waals surface area contributed by atoms with Crippen molar-refractivity contribution in [3.63, 3.8) is 0 Å². The van der Waals surface area contributed by atoms with Crippen LogP contribution in [0.25, 0.3) is 0 Å². The van der Waals surface area contributed by atoms with E-state index in [9.17, 15) is 4.79 Å². The molecule has 0 saturated heterocycles. The van der Waals surface area contributed by atoms with E-state index in [4.69, 9.17) is 10.5 Å². The molecule has 1 heterocycles. The summed E-state index contributed by atoms with van der Waals surface area (Å²) in [7, 11) is 0. The average Bonchev–Trinajstić information content (AvgIpc) is 2.37. The van der Waals surface area contributed by atoms with Crippen molar-refractivity contribution in [2.75, 3.05) is 6.61 Å². The minimum atomic E-state index is -0.110. The smallest absolute Gasteiger partial charge is 0.222 e. The molecule has 1 aromatic rings. The highest BCUT2D eigenvalue weighted by molar-refractivity contribution is 5.85. The molecule has 4 nitrogen and oxygen atoms in total. The van der Waals surface area contributed by atoms with Crippen LogP contribution in [0.3, 0.4) is 0 Å². The lowest BCUT2D eigenvalue weighted by Crippen LogP contribution is -2.35. The van der Waals surface area contributed by atoms with E-state index in [2.05, 4.69) is 18.3 Å². The molecule has 1 aliphatic rings. The summed E-state index contributed by atoms with van der Waals surface area (Å²) >= 11 is 0. The predicted octanol–water partition coefficient (Wildman–Crippen LogP) is 2.35. The molecule has 3 N–H and O–H groups in total. The summed E-state index contributed by atoms with van der Waals surface area (Å²) in [6.45, 7) is 4.59. The molecule has 2 atom stereocenters. The Morgan fingerprint density at radius 1 is 1.55 bits per heavy atom. The van der Waals surface area contributed by atoms with Crippen LogP contribution in [0.2, 0.25) is 0 Å². The second kappa shape index (κ2) is 7.50. The van der Waals surface area contributed by atoms with Crippen LogP contribution in [0.5, 0.6) is 5.75 Å². The zero-order valence-corrected chi connectivity index (χ0v) is 12.8. The van der Waals surface area contributed by atoms with Gasteiger partial charge in [0.05, 0.1) is 12.6 Å². The summed E-state index contributed by atoms with van der Waals surface area (Å²) in [6.07, 6.45) is 2.11. The van der Waals surface area contributed by atoms with Crippen molar-refractivity contribution < 1.29 is 9.53 Å². The molecule has 0 saturated carbocycles. The minimum absolute atomic E-state index is 0. The second-order valence-corrected chi connectivity index (χ2v) is 5.13. The number of carbonyl (C=O) groups excluding carboxylic acids is 1. The Kier molecular flexibility index (Phi) is 6.30. The third-order valence-electron chi connectivity index (χ3n) is 3.38. The van der Waals surface area contributed by atoms with Crippen LogP contribution in [-0.2, 0) is 11.2 Å². The number of aryl methyl sites for hydroxylation is 1. The van der Waals surface area contributed by atoms with Crippen LogP contribution in [0, 0.1) is 0 Å². The van der Waals surface area contributed by atoms with Crippen LogP contribution in [0.4, 0.5) is 0 Å². The number of nitrogens with two attached hydrogens (primary N) is 1. The van der Waals surface area contributed by atoms with Gasteiger partial charge < -0.3 is 15.8 Å². The first kappa shape index (κ1) is 16.8. The first-order valence-electron chi connectivity index (χ1n) is 6.91. The Hall–Kier alpha value is -1.26. The van der Waals surface area contributed by atoms with Crippen LogP contribution >= 0.6 is 12.4 Å². The summed E-state index contributed by atoms with van der Waals surface area (Å²) in [5, 5.41) is 3.06. The molecule has 112 valence electrons. The van der Waals surface area contributed by atoms with E-state index in [0.29, 0.717) is 13.0 Å². The van der Waals surface area contributed by atoms with Crippen molar-refractivity contribution in [1.82, 2.24) is 5.32 Å². The molecule has 0 radical (unpaired) electrons. The maximum absolute atomic E-state index is 11.9. The van der Waals surface area contributed by atoms with E-state index in [1.54, 1.807) is 0 Å². The van der Waals surface area contributed by atoms with Gasteiger partial charge in [0.25, 0.3) is 0 Å². The van der Waals surface area contributed by atoms with Gasteiger partial charge in [0.2, 0.25) is 5.91 Å². The highest BCUT2D eigenvalue weighted by Crippen LogP contribution is 2.35. The molecular weight excluding hydrogens is 276 g/mol. The van der Waals surface area contributed by atoms with Gasteiger partial charge in [-0.05, 0) is 18.9 Å². The van der Waals surface area contributed by atoms with Gasteiger partial charge >= 0.3 is 0 Å². The second-order valence-electron chi connectivity index (χ2n) is 5.13. The first-order chi connectivity index (χ1) is 9.11. The molecule has 1 amide bonds. The van der Waals surface area contributed by atoms with Crippen LogP contribution in [0.1, 0.15) is 43.9 Å². The molecule has 20 heavy (non-hydrogen) atoms. The fourth-order valence-corrected chi connectivity index (χ4v) is 2.46. The van der Waals surface area contributed by atoms with Crippen molar-refractivity contribution in [3.05, 3.63) is 29.3 Å². The molecule has 0 fully saturated rings. The number of hydrogen-bond donors (Lipinski definition) is 2. The lowest BCUT2D eigenvalue weighted by molar-refractivity contribution is -0.122. The van der Waals surface area contributed by atoms with Crippen molar-refractivity contribution in [2.24, 2.45) is 5.73 Å². The van der Waals surface area contributed by atoms with Crippen molar-refractivity contribution in [1.29, 1.82) is 0 Å². The minimum Gasteiger partial charge on any atom is -0.493 e. The molecule has 1 aliphatic heterocycles. The van der Waals surface area contributed by atoms with E-state index in [0.717, 1.165) is 24.2 Å². The quantitative estimate of drug-likeness (QED) is 0.897. The zero-order valence-electron chi connectivity index (χ0n) is 12.0. The van der Waals surface area contributed by atoms with Gasteiger partial charge in [-0.2, -0.15) is 0 Å². The van der Waals surface area contributed by atoms with Gasteiger partial charge in [0.15, 0.2) is 0 Å². The Balaban J connectivity index is 0.00000200. The lowest BCUT2D eigenvalue weighted by Gasteiger charge is -2.28. The molecule has 0 spiro atoms. The van der Waals surface area contributed by atoms with Crippen LogP contribution < -0.4 is 15.8 Å². The summed E-state index contributed by atoms with van der Waals surface area (Å²) < 4.78 is 5.76. The summed E-state index contributed by atoms with van der Waals surface area (Å²) in [5.74, 6) is 0.956. The van der Waals surface area contributed by atoms with Gasteiger partial charge in [-0.1, -0.05) is 25.1 Å². The molecule has 2 rings (SSSR count). The Labute approximate surface area is 126 Å². The third kappa shape index (κ3) is 3.87. The number of halogens is 1. The van der Waals surface area contributed by atoms with Gasteiger partial charge in [0.1, 0.15) is 5.75 Å². The maximum Gasteiger partial charge on any atom is 0.222 e. The third-order valence-corrected chi connectivity index (χ3v) is 3.38. The number of amides is 1. The van der Waals surface area contributed by atoms with E-state index >= 15 is 0 Å². The fraction of sp³-hybridized carbons (Fsp3) is 0.533. The number of fused-ring (bicyclic) bond motifs is 1. The molecule has 1 aromatic carbocycles. The molecule has 2 unspecified atom stereocenters. The molecule has 0 aromatic heterocycles. The van der Waals surface area contributed by atoms with Crippen molar-refractivity contribution in [3.8, 4) is 5.75 Å². The average molecular weight is 299 g/mol. The topological polar surface area (TPSA) is 64.3 Å². The normalized spacial score (nSPS) is 18.2. The SMILES string of the molecule is CCc1cccc2c1OCCC2NC(=O)CC(C)N.Cl. The van der Waals surface area contributed by atoms with E-state index in [-0.39, 0.29) is 30.4 Å². The number of rotatable bonds is 4. The number of benzene rings is 1. The number of hydrogen-bond acceptors (Lipinski definition) is 3. The van der Waals surface area contributed by atoms with Crippen molar-refractivity contribution >= 4 is 18.3 Å². The number of para-hydroxylation sites is 1. The van der Waals surface area contributed by atoms with Gasteiger partial charge in [0, 0.05) is 24.4 Å². The van der Waals surface area contributed by atoms with E-state index < -0.39 is 0 Å². The molecular formula is C15H23ClN2O2. The highest BCUT2D eigenvalue weighted by atomic mass is 35.5. The van der Waals surface area contributed by atoms with Crippen LogP contribution in [0.15, 0.2) is 18.2 Å². The largest absolute Gasteiger partial charge is 0.493 e. The van der Waals surface area contributed by atoms with Gasteiger partial charge in [-0.3, -0.25) is 4.79 Å². The molecule has 5 heteroatoms. The summed E-state index contributed by atoms with van der Waals surface area (Å²) in [5.41, 5.74) is 7.94. The number of nitrogens with one attached hydrogen (secondary N) is 1. The Bertz CT molecular complexity index is 463. The van der Waals surface area contributed by atoms with Gasteiger partial charge in [-0.15, -0.1) is 12.4 Å². The monoisotopic (exact) mass is 298 g/mol. The number of carbonyl (C=O) groups is 1. The van der Waals surface area contributed by atoms with Crippen molar-refractivity contribution in [2.45, 2.75) is 45.2 Å². The van der Waals surface area contributed by atoms with Crippen LogP contribution in [-0.4, -0.2) is 18.6 Å². The van der Waals surface area contributed by atoms with Gasteiger partial charge in [-0.25, -0.2) is 0 Å². The lowest BCUT2D eigenvalue weighted by atomic mass is 9.96. The number of ether oxygens (including phenoxy) is 1. The fourth-order valence-electron chi connectivity index (χ4n) is 2.46. The summed E-state index contributed by atoms with van der Waals surface area (Å²) in [6, 6.07) is 6.06. The Morgan fingerprint density at radius 2 is 2.30 bits per heavy atom. The summed E-state index contributed by atoms with van der Waals surface area (Å²) in [4.78, 5) is 11.9. The first-order valence-corrected chi connectivity index (χ1v) is 6.91. The zero-order chi connectivity index (χ0) is 13.8. The maximum atomic E-state index is 11.9. The standard InChI is InChI=1S/C15H22N2O2.ClH/c1-3-11-5-4-6-12-13(7-8-19-15(11)12)17-14(18)9-10(2)16;/h4-6,10,13H,3,7-9,16H2,1-2H3,(H,17,18);1H. The highest BCUT2D eigenvalue weighted by Gasteiger charge is 2.24. The predicted molar refractivity (Wildman–Crippen MR) is 82.3 cm³/mol.